The maximum Gasteiger partial charge on any atom is 0.271 e. The van der Waals surface area contributed by atoms with Gasteiger partial charge < -0.3 is 5.32 Å². The molecule has 0 bridgehead atoms. The van der Waals surface area contributed by atoms with Gasteiger partial charge in [0, 0.05) is 13.1 Å². The predicted octanol–water partition coefficient (Wildman–Crippen LogP) is 2.44. The number of rotatable bonds is 2. The number of amides is 1. The first-order chi connectivity index (χ1) is 8.09. The molecule has 0 aromatic carbocycles. The van der Waals surface area contributed by atoms with Crippen LogP contribution in [0, 0.1) is 6.92 Å². The average molecular weight is 256 g/mol. The summed E-state index contributed by atoms with van der Waals surface area (Å²) < 4.78 is 1.55. The molecule has 1 fully saturated rings. The minimum Gasteiger partial charge on any atom is -0.348 e. The van der Waals surface area contributed by atoms with Crippen molar-refractivity contribution in [2.24, 2.45) is 7.05 Å². The van der Waals surface area contributed by atoms with E-state index in [1.54, 1.807) is 18.7 Å². The van der Waals surface area contributed by atoms with Gasteiger partial charge in [-0.15, -0.1) is 0 Å². The Morgan fingerprint density at radius 2 is 2.06 bits per heavy atom. The summed E-state index contributed by atoms with van der Waals surface area (Å²) in [7, 11) is 1.74. The smallest absolute Gasteiger partial charge is 0.271 e. The van der Waals surface area contributed by atoms with Crippen LogP contribution in [0.4, 0.5) is 0 Å². The van der Waals surface area contributed by atoms with E-state index in [0.717, 1.165) is 12.8 Å². The molecule has 17 heavy (non-hydrogen) atoms. The van der Waals surface area contributed by atoms with Gasteiger partial charge in [0.05, 0.1) is 10.7 Å². The maximum absolute atomic E-state index is 12.1. The Bertz CT molecular complexity index is 422. The molecule has 5 heteroatoms. The van der Waals surface area contributed by atoms with Crippen molar-refractivity contribution in [1.29, 1.82) is 0 Å². The number of halogens is 1. The Hall–Kier alpha value is -1.03. The van der Waals surface area contributed by atoms with Gasteiger partial charge in [0.2, 0.25) is 0 Å². The molecule has 4 nitrogen and oxygen atoms in total. The maximum atomic E-state index is 12.1. The Balaban J connectivity index is 2.08. The Morgan fingerprint density at radius 1 is 1.41 bits per heavy atom. The molecule has 2 rings (SSSR count). The fourth-order valence-corrected chi connectivity index (χ4v) is 2.63. The van der Waals surface area contributed by atoms with Crippen molar-refractivity contribution in [2.75, 3.05) is 0 Å². The molecule has 0 aliphatic heterocycles. The number of carbonyl (C=O) groups excluding carboxylic acids is 1. The molecule has 0 radical (unpaired) electrons. The van der Waals surface area contributed by atoms with E-state index in [4.69, 9.17) is 11.6 Å². The van der Waals surface area contributed by atoms with Gasteiger partial charge in [0.25, 0.3) is 5.91 Å². The van der Waals surface area contributed by atoms with Gasteiger partial charge in [-0.2, -0.15) is 5.10 Å². The lowest BCUT2D eigenvalue weighted by molar-refractivity contribution is 0.0918. The third kappa shape index (κ3) is 2.63. The highest BCUT2D eigenvalue weighted by Gasteiger charge is 2.22. The number of hydrogen-bond acceptors (Lipinski definition) is 2. The molecular weight excluding hydrogens is 238 g/mol. The third-order valence-electron chi connectivity index (χ3n) is 3.30. The summed E-state index contributed by atoms with van der Waals surface area (Å²) in [4.78, 5) is 12.1. The summed E-state index contributed by atoms with van der Waals surface area (Å²) in [5.41, 5.74) is 1.16. The first-order valence-electron chi connectivity index (χ1n) is 6.09. The number of aryl methyl sites for hydroxylation is 2. The van der Waals surface area contributed by atoms with E-state index in [1.807, 2.05) is 0 Å². The van der Waals surface area contributed by atoms with Crippen molar-refractivity contribution in [3.63, 3.8) is 0 Å². The van der Waals surface area contributed by atoms with Gasteiger partial charge in [0.1, 0.15) is 5.69 Å². The fourth-order valence-electron chi connectivity index (χ4n) is 2.38. The topological polar surface area (TPSA) is 46.9 Å². The lowest BCUT2D eigenvalue weighted by Crippen LogP contribution is -2.37. The molecule has 1 aromatic rings. The quantitative estimate of drug-likeness (QED) is 0.882. The summed E-state index contributed by atoms with van der Waals surface area (Å²) in [6.45, 7) is 1.81. The third-order valence-corrected chi connectivity index (χ3v) is 3.76. The van der Waals surface area contributed by atoms with Gasteiger partial charge >= 0.3 is 0 Å². The second-order valence-electron chi connectivity index (χ2n) is 4.68. The fraction of sp³-hybridized carbons (Fsp3) is 0.667. The van der Waals surface area contributed by atoms with Gasteiger partial charge in [-0.1, -0.05) is 30.9 Å². The first-order valence-corrected chi connectivity index (χ1v) is 6.47. The van der Waals surface area contributed by atoms with Crippen molar-refractivity contribution >= 4 is 17.5 Å². The van der Waals surface area contributed by atoms with Crippen LogP contribution < -0.4 is 5.32 Å². The zero-order valence-electron chi connectivity index (χ0n) is 10.3. The van der Waals surface area contributed by atoms with Crippen LogP contribution in [0.15, 0.2) is 0 Å². The van der Waals surface area contributed by atoms with Gasteiger partial charge in [-0.25, -0.2) is 0 Å². The molecule has 1 aromatic heterocycles. The molecule has 1 aliphatic rings. The van der Waals surface area contributed by atoms with E-state index in [-0.39, 0.29) is 5.91 Å². The van der Waals surface area contributed by atoms with Crippen molar-refractivity contribution in [3.05, 3.63) is 16.4 Å². The van der Waals surface area contributed by atoms with Crippen LogP contribution in [0.3, 0.4) is 0 Å². The highest BCUT2D eigenvalue weighted by molar-refractivity contribution is 6.34. The lowest BCUT2D eigenvalue weighted by atomic mass is 9.95. The van der Waals surface area contributed by atoms with Crippen LogP contribution in [0.2, 0.25) is 5.02 Å². The van der Waals surface area contributed by atoms with E-state index in [9.17, 15) is 4.79 Å². The molecule has 0 atom stereocenters. The van der Waals surface area contributed by atoms with Crippen molar-refractivity contribution in [3.8, 4) is 0 Å². The molecule has 0 spiro atoms. The highest BCUT2D eigenvalue weighted by Crippen LogP contribution is 2.21. The number of aromatic nitrogens is 2. The van der Waals surface area contributed by atoms with Crippen LogP contribution in [0.1, 0.15) is 48.3 Å². The number of nitrogens with zero attached hydrogens (tertiary/aromatic N) is 2. The number of hydrogen-bond donors (Lipinski definition) is 1. The van der Waals surface area contributed by atoms with Crippen LogP contribution in [-0.4, -0.2) is 21.7 Å². The van der Waals surface area contributed by atoms with Crippen LogP contribution in [0.25, 0.3) is 0 Å². The second kappa shape index (κ2) is 5.08. The minimum absolute atomic E-state index is 0.106. The molecule has 1 heterocycles. The van der Waals surface area contributed by atoms with E-state index in [2.05, 4.69) is 10.4 Å². The Kier molecular flexibility index (Phi) is 3.72. The minimum atomic E-state index is -0.106. The van der Waals surface area contributed by atoms with Gasteiger partial charge in [-0.05, 0) is 19.8 Å². The standard InChI is InChI=1S/C12H18ClN3O/c1-8-10(13)11(16(2)15-8)12(17)14-9-6-4-3-5-7-9/h9H,3-7H2,1-2H3,(H,14,17). The largest absolute Gasteiger partial charge is 0.348 e. The molecule has 0 saturated heterocycles. The van der Waals surface area contributed by atoms with Gasteiger partial charge in [0.15, 0.2) is 0 Å². The van der Waals surface area contributed by atoms with E-state index in [0.29, 0.717) is 22.5 Å². The molecule has 1 aliphatic carbocycles. The molecule has 1 amide bonds. The zero-order chi connectivity index (χ0) is 12.4. The summed E-state index contributed by atoms with van der Waals surface area (Å²) >= 11 is 6.08. The first kappa shape index (κ1) is 12.4. The molecule has 0 unspecified atom stereocenters. The summed E-state index contributed by atoms with van der Waals surface area (Å²) in [6.07, 6.45) is 5.81. The van der Waals surface area contributed by atoms with Crippen LogP contribution >= 0.6 is 11.6 Å². The van der Waals surface area contributed by atoms with Crippen LogP contribution in [0.5, 0.6) is 0 Å². The summed E-state index contributed by atoms with van der Waals surface area (Å²) in [6, 6.07) is 0.294. The second-order valence-corrected chi connectivity index (χ2v) is 5.06. The van der Waals surface area contributed by atoms with E-state index < -0.39 is 0 Å². The van der Waals surface area contributed by atoms with Crippen molar-refractivity contribution in [1.82, 2.24) is 15.1 Å². The van der Waals surface area contributed by atoms with Crippen LogP contribution in [-0.2, 0) is 7.05 Å². The number of nitrogens with one attached hydrogen (secondary N) is 1. The molecule has 1 N–H and O–H groups in total. The van der Waals surface area contributed by atoms with Gasteiger partial charge in [-0.3, -0.25) is 9.48 Å². The van der Waals surface area contributed by atoms with Crippen molar-refractivity contribution < 1.29 is 4.79 Å². The lowest BCUT2D eigenvalue weighted by Gasteiger charge is -2.22. The summed E-state index contributed by atoms with van der Waals surface area (Å²) in [5.74, 6) is -0.106. The molecule has 94 valence electrons. The normalized spacial score (nSPS) is 17.1. The molecule has 1 saturated carbocycles. The summed E-state index contributed by atoms with van der Waals surface area (Å²) in [5, 5.41) is 7.65. The highest BCUT2D eigenvalue weighted by atomic mass is 35.5. The Morgan fingerprint density at radius 3 is 2.59 bits per heavy atom. The van der Waals surface area contributed by atoms with E-state index >= 15 is 0 Å². The monoisotopic (exact) mass is 255 g/mol. The Labute approximate surface area is 106 Å². The zero-order valence-corrected chi connectivity index (χ0v) is 11.0. The van der Waals surface area contributed by atoms with E-state index in [1.165, 1.54) is 19.3 Å². The van der Waals surface area contributed by atoms with Crippen molar-refractivity contribution in [2.45, 2.75) is 45.1 Å². The molecular formula is C12H18ClN3O. The number of carbonyl (C=O) groups is 1. The SMILES string of the molecule is Cc1nn(C)c(C(=O)NC2CCCCC2)c1Cl. The predicted molar refractivity (Wildman–Crippen MR) is 67.3 cm³/mol. The average Bonchev–Trinajstić information content (AvgIpc) is 2.54.